The Kier molecular flexibility index (Phi) is 4.41. The number of para-hydroxylation sites is 1. The van der Waals surface area contributed by atoms with Crippen LogP contribution >= 0.6 is 0 Å². The van der Waals surface area contributed by atoms with E-state index in [1.165, 1.54) is 27.6 Å². The van der Waals surface area contributed by atoms with Crippen LogP contribution in [0.5, 0.6) is 0 Å². The van der Waals surface area contributed by atoms with Crippen LogP contribution in [0.1, 0.15) is 16.7 Å². The molecule has 0 atom stereocenters. The largest absolute Gasteiger partial charge is 0.361 e. The van der Waals surface area contributed by atoms with E-state index >= 15 is 0 Å². The van der Waals surface area contributed by atoms with Crippen LogP contribution in [-0.2, 0) is 19.4 Å². The third-order valence-corrected chi connectivity index (χ3v) is 5.45. The first-order chi connectivity index (χ1) is 13.9. The molecule has 0 fully saturated rings. The maximum absolute atomic E-state index is 4.75. The Morgan fingerprint density at radius 1 is 1.00 bits per heavy atom. The highest BCUT2D eigenvalue weighted by Crippen LogP contribution is 2.23. The molecular formula is C23H23N5. The lowest BCUT2D eigenvalue weighted by Gasteiger charge is -2.29. The molecule has 0 amide bonds. The van der Waals surface area contributed by atoms with Crippen molar-refractivity contribution in [1.82, 2.24) is 15.0 Å². The fraction of sp³-hybridized carbons (Fsp3) is 0.217. The number of nitrogens with zero attached hydrogens (tertiary/aromatic N) is 3. The van der Waals surface area contributed by atoms with Crippen molar-refractivity contribution in [2.75, 3.05) is 23.3 Å². The molecule has 28 heavy (non-hydrogen) atoms. The van der Waals surface area contributed by atoms with Crippen molar-refractivity contribution in [1.29, 1.82) is 0 Å². The van der Waals surface area contributed by atoms with Crippen molar-refractivity contribution < 1.29 is 0 Å². The highest BCUT2D eigenvalue weighted by molar-refractivity contribution is 5.83. The number of aromatic amines is 1. The van der Waals surface area contributed by atoms with Gasteiger partial charge >= 0.3 is 0 Å². The van der Waals surface area contributed by atoms with Crippen molar-refractivity contribution in [3.05, 3.63) is 83.7 Å². The first-order valence-electron chi connectivity index (χ1n) is 9.80. The number of anilines is 2. The monoisotopic (exact) mass is 369 g/mol. The summed E-state index contributed by atoms with van der Waals surface area (Å²) in [4.78, 5) is 14.8. The van der Waals surface area contributed by atoms with Crippen LogP contribution in [0.2, 0.25) is 0 Å². The minimum absolute atomic E-state index is 0.691. The van der Waals surface area contributed by atoms with Crippen LogP contribution in [0.3, 0.4) is 0 Å². The van der Waals surface area contributed by atoms with Gasteiger partial charge in [-0.3, -0.25) is 0 Å². The number of rotatable bonds is 5. The van der Waals surface area contributed by atoms with E-state index in [-0.39, 0.29) is 0 Å². The zero-order valence-electron chi connectivity index (χ0n) is 15.7. The van der Waals surface area contributed by atoms with Crippen LogP contribution in [0, 0.1) is 0 Å². The van der Waals surface area contributed by atoms with Gasteiger partial charge in [0.25, 0.3) is 0 Å². The molecule has 4 aromatic rings. The smallest absolute Gasteiger partial charge is 0.224 e. The number of fused-ring (bicyclic) bond motifs is 2. The van der Waals surface area contributed by atoms with E-state index in [4.69, 9.17) is 4.98 Å². The second-order valence-electron chi connectivity index (χ2n) is 7.21. The molecule has 5 heteroatoms. The summed E-state index contributed by atoms with van der Waals surface area (Å²) < 4.78 is 0. The number of hydrogen-bond acceptors (Lipinski definition) is 4. The summed E-state index contributed by atoms with van der Waals surface area (Å²) in [6.07, 6.45) is 5.92. The molecule has 2 N–H and O–H groups in total. The second kappa shape index (κ2) is 7.35. The predicted molar refractivity (Wildman–Crippen MR) is 114 cm³/mol. The molecule has 5 nitrogen and oxygen atoms in total. The highest BCUT2D eigenvalue weighted by atomic mass is 15.2. The van der Waals surface area contributed by atoms with Crippen LogP contribution in [0.25, 0.3) is 10.9 Å². The number of H-pyrrole nitrogens is 1. The zero-order chi connectivity index (χ0) is 18.8. The summed E-state index contributed by atoms with van der Waals surface area (Å²) in [6.45, 7) is 2.69. The molecule has 0 aliphatic carbocycles. The van der Waals surface area contributed by atoms with Crippen molar-refractivity contribution in [2.45, 2.75) is 19.4 Å². The summed E-state index contributed by atoms with van der Waals surface area (Å²) in [7, 11) is 0. The van der Waals surface area contributed by atoms with Gasteiger partial charge in [0, 0.05) is 42.9 Å². The Bertz CT molecular complexity index is 1100. The molecular weight excluding hydrogens is 346 g/mol. The van der Waals surface area contributed by atoms with Crippen molar-refractivity contribution in [3.8, 4) is 0 Å². The fourth-order valence-corrected chi connectivity index (χ4v) is 3.95. The summed E-state index contributed by atoms with van der Waals surface area (Å²) in [5, 5.41) is 4.67. The van der Waals surface area contributed by atoms with Crippen molar-refractivity contribution in [2.24, 2.45) is 0 Å². The Balaban J connectivity index is 1.25. The Morgan fingerprint density at radius 3 is 2.82 bits per heavy atom. The lowest BCUT2D eigenvalue weighted by molar-refractivity contribution is 0.719. The van der Waals surface area contributed by atoms with Gasteiger partial charge in [-0.2, -0.15) is 4.98 Å². The molecule has 0 saturated carbocycles. The minimum Gasteiger partial charge on any atom is -0.361 e. The molecule has 2 aromatic carbocycles. The average Bonchev–Trinajstić information content (AvgIpc) is 3.17. The van der Waals surface area contributed by atoms with Crippen LogP contribution < -0.4 is 10.2 Å². The van der Waals surface area contributed by atoms with Gasteiger partial charge in [-0.25, -0.2) is 4.98 Å². The third-order valence-electron chi connectivity index (χ3n) is 5.45. The van der Waals surface area contributed by atoms with Gasteiger partial charge in [0.2, 0.25) is 5.95 Å². The molecule has 0 radical (unpaired) electrons. The summed E-state index contributed by atoms with van der Waals surface area (Å²) >= 11 is 0. The van der Waals surface area contributed by atoms with E-state index < -0.39 is 0 Å². The normalized spacial score (nSPS) is 13.5. The molecule has 0 bridgehead atoms. The van der Waals surface area contributed by atoms with E-state index in [9.17, 15) is 0 Å². The average molecular weight is 369 g/mol. The number of aromatic nitrogens is 3. The van der Waals surface area contributed by atoms with Crippen LogP contribution in [-0.4, -0.2) is 28.0 Å². The van der Waals surface area contributed by atoms with Gasteiger partial charge in [0.1, 0.15) is 5.82 Å². The lowest BCUT2D eigenvalue weighted by atomic mass is 10.00. The molecule has 2 aromatic heterocycles. The molecule has 1 aliphatic heterocycles. The van der Waals surface area contributed by atoms with E-state index in [1.807, 2.05) is 12.3 Å². The fourth-order valence-electron chi connectivity index (χ4n) is 3.95. The van der Waals surface area contributed by atoms with Gasteiger partial charge < -0.3 is 15.2 Å². The standard InChI is InChI=1S/C23H23N5/c1-2-6-19-16-28(14-11-17(19)5-1)22-10-13-25-23(27-22)24-12-9-18-15-26-21-8-4-3-7-20(18)21/h1-8,10,13,15,26H,9,11-12,14,16H2,(H,24,25,27). The SMILES string of the molecule is c1ccc2c(c1)CCN(c1ccnc(NCCc3c[nH]c4ccccc34)n1)C2. The van der Waals surface area contributed by atoms with Crippen LogP contribution in [0.4, 0.5) is 11.8 Å². The Labute approximate surface area is 164 Å². The molecule has 140 valence electrons. The summed E-state index contributed by atoms with van der Waals surface area (Å²) in [6, 6.07) is 19.1. The lowest BCUT2D eigenvalue weighted by Crippen LogP contribution is -2.31. The summed E-state index contributed by atoms with van der Waals surface area (Å²) in [5.74, 6) is 1.68. The number of benzene rings is 2. The predicted octanol–water partition coefficient (Wildman–Crippen LogP) is 4.18. The minimum atomic E-state index is 0.691. The Hall–Kier alpha value is -3.34. The molecule has 3 heterocycles. The first kappa shape index (κ1) is 16.8. The van der Waals surface area contributed by atoms with Crippen LogP contribution in [0.15, 0.2) is 67.0 Å². The molecule has 0 saturated heterocycles. The first-order valence-corrected chi connectivity index (χ1v) is 9.80. The number of hydrogen-bond donors (Lipinski definition) is 2. The molecule has 5 rings (SSSR count). The van der Waals surface area contributed by atoms with Crippen molar-refractivity contribution >= 4 is 22.7 Å². The van der Waals surface area contributed by atoms with E-state index in [2.05, 4.69) is 74.9 Å². The van der Waals surface area contributed by atoms with E-state index in [0.29, 0.717) is 5.95 Å². The van der Waals surface area contributed by atoms with E-state index in [1.54, 1.807) is 0 Å². The molecule has 0 unspecified atom stereocenters. The molecule has 1 aliphatic rings. The van der Waals surface area contributed by atoms with E-state index in [0.717, 1.165) is 38.3 Å². The molecule has 0 spiro atoms. The third kappa shape index (κ3) is 3.31. The van der Waals surface area contributed by atoms with Gasteiger partial charge in [0.15, 0.2) is 0 Å². The zero-order valence-corrected chi connectivity index (χ0v) is 15.7. The van der Waals surface area contributed by atoms with Gasteiger partial charge in [-0.05, 0) is 41.7 Å². The second-order valence-corrected chi connectivity index (χ2v) is 7.21. The maximum atomic E-state index is 4.75. The van der Waals surface area contributed by atoms with Gasteiger partial charge in [-0.1, -0.05) is 42.5 Å². The number of nitrogens with one attached hydrogen (secondary N) is 2. The topological polar surface area (TPSA) is 56.8 Å². The Morgan fingerprint density at radius 2 is 1.86 bits per heavy atom. The van der Waals surface area contributed by atoms with Gasteiger partial charge in [-0.15, -0.1) is 0 Å². The summed E-state index contributed by atoms with van der Waals surface area (Å²) in [5.41, 5.74) is 5.33. The maximum Gasteiger partial charge on any atom is 0.224 e. The van der Waals surface area contributed by atoms with Crippen molar-refractivity contribution in [3.63, 3.8) is 0 Å². The van der Waals surface area contributed by atoms with Gasteiger partial charge in [0.05, 0.1) is 0 Å². The quantitative estimate of drug-likeness (QED) is 0.554. The highest BCUT2D eigenvalue weighted by Gasteiger charge is 2.17.